The summed E-state index contributed by atoms with van der Waals surface area (Å²) >= 11 is 0. The van der Waals surface area contributed by atoms with Crippen LogP contribution in [0.25, 0.3) is 0 Å². The van der Waals surface area contributed by atoms with E-state index < -0.39 is 0 Å². The Balaban J connectivity index is 1.83. The van der Waals surface area contributed by atoms with E-state index in [-0.39, 0.29) is 6.61 Å². The summed E-state index contributed by atoms with van der Waals surface area (Å²) in [5, 5.41) is 12.0. The molecule has 4 N–H and O–H groups in total. The average molecular weight is 266 g/mol. The van der Waals surface area contributed by atoms with Crippen molar-refractivity contribution in [3.63, 3.8) is 0 Å². The maximum Gasteiger partial charge on any atom is 0.163 e. The molecule has 0 saturated heterocycles. The standard InChI is InChI=1S/C14H22N2O3/c15-11-9-13-14(19-8-7-18-13)10-12(11)16-5-3-1-2-4-6-17/h9-10,16-17H,1-8,15H2. The van der Waals surface area contributed by atoms with Crippen molar-refractivity contribution < 1.29 is 14.6 Å². The van der Waals surface area contributed by atoms with Crippen LogP contribution < -0.4 is 20.5 Å². The number of aliphatic hydroxyl groups is 1. The fourth-order valence-corrected chi connectivity index (χ4v) is 2.07. The quantitative estimate of drug-likeness (QED) is 0.520. The molecule has 0 bridgehead atoms. The summed E-state index contributed by atoms with van der Waals surface area (Å²) in [5.41, 5.74) is 7.55. The molecule has 1 heterocycles. The molecular weight excluding hydrogens is 244 g/mol. The lowest BCUT2D eigenvalue weighted by atomic mass is 10.2. The van der Waals surface area contributed by atoms with Crippen LogP contribution in [0, 0.1) is 0 Å². The molecule has 0 radical (unpaired) electrons. The molecule has 0 spiro atoms. The number of fused-ring (bicyclic) bond motifs is 1. The largest absolute Gasteiger partial charge is 0.486 e. The zero-order valence-electron chi connectivity index (χ0n) is 11.2. The third kappa shape index (κ3) is 3.92. The van der Waals surface area contributed by atoms with Crippen molar-refractivity contribution in [1.29, 1.82) is 0 Å². The summed E-state index contributed by atoms with van der Waals surface area (Å²) in [7, 11) is 0. The molecule has 5 nitrogen and oxygen atoms in total. The zero-order chi connectivity index (χ0) is 13.5. The highest BCUT2D eigenvalue weighted by Crippen LogP contribution is 2.36. The molecule has 19 heavy (non-hydrogen) atoms. The first-order valence-corrected chi connectivity index (χ1v) is 6.85. The van der Waals surface area contributed by atoms with E-state index in [0.717, 1.165) is 49.4 Å². The number of nitrogens with two attached hydrogens (primary N) is 1. The van der Waals surface area contributed by atoms with Crippen molar-refractivity contribution in [2.75, 3.05) is 37.4 Å². The van der Waals surface area contributed by atoms with E-state index in [9.17, 15) is 0 Å². The number of ether oxygens (including phenoxy) is 2. The van der Waals surface area contributed by atoms with Gasteiger partial charge in [-0.05, 0) is 12.8 Å². The molecule has 0 aromatic heterocycles. The molecule has 0 atom stereocenters. The van der Waals surface area contributed by atoms with Crippen molar-refractivity contribution in [2.24, 2.45) is 0 Å². The number of rotatable bonds is 7. The minimum Gasteiger partial charge on any atom is -0.486 e. The minimum atomic E-state index is 0.280. The number of unbranched alkanes of at least 4 members (excludes halogenated alkanes) is 3. The molecule has 5 heteroatoms. The third-order valence-corrected chi connectivity index (χ3v) is 3.11. The summed E-state index contributed by atoms with van der Waals surface area (Å²) in [4.78, 5) is 0. The summed E-state index contributed by atoms with van der Waals surface area (Å²) < 4.78 is 11.0. The van der Waals surface area contributed by atoms with Gasteiger partial charge in [-0.2, -0.15) is 0 Å². The molecule has 0 amide bonds. The van der Waals surface area contributed by atoms with Crippen LogP contribution in [0.5, 0.6) is 11.5 Å². The number of aliphatic hydroxyl groups excluding tert-OH is 1. The Morgan fingerprint density at radius 3 is 2.47 bits per heavy atom. The van der Waals surface area contributed by atoms with Crippen LogP contribution in [0.4, 0.5) is 11.4 Å². The number of benzene rings is 1. The van der Waals surface area contributed by atoms with Gasteiger partial charge < -0.3 is 25.6 Å². The first-order chi connectivity index (χ1) is 9.31. The minimum absolute atomic E-state index is 0.280. The molecule has 1 aliphatic rings. The van der Waals surface area contributed by atoms with Crippen LogP contribution in [0.15, 0.2) is 12.1 Å². The number of hydrogen-bond acceptors (Lipinski definition) is 5. The lowest BCUT2D eigenvalue weighted by molar-refractivity contribution is 0.172. The van der Waals surface area contributed by atoms with Crippen molar-refractivity contribution in [3.8, 4) is 11.5 Å². The first-order valence-electron chi connectivity index (χ1n) is 6.85. The van der Waals surface area contributed by atoms with Crippen LogP contribution >= 0.6 is 0 Å². The van der Waals surface area contributed by atoms with Crippen LogP contribution in [-0.4, -0.2) is 31.5 Å². The van der Waals surface area contributed by atoms with E-state index in [1.54, 1.807) is 0 Å². The highest BCUT2D eigenvalue weighted by atomic mass is 16.6. The molecule has 1 aromatic carbocycles. The molecule has 0 aliphatic carbocycles. The predicted octanol–water partition coefficient (Wildman–Crippen LogP) is 2.00. The Morgan fingerprint density at radius 2 is 1.74 bits per heavy atom. The second-order valence-electron chi connectivity index (χ2n) is 4.65. The first kappa shape index (κ1) is 13.8. The normalized spacial score (nSPS) is 13.3. The van der Waals surface area contributed by atoms with E-state index in [0.29, 0.717) is 18.9 Å². The van der Waals surface area contributed by atoms with Gasteiger partial charge in [0.2, 0.25) is 0 Å². The van der Waals surface area contributed by atoms with E-state index in [1.165, 1.54) is 0 Å². The van der Waals surface area contributed by atoms with Crippen molar-refractivity contribution >= 4 is 11.4 Å². The molecule has 1 aromatic rings. The van der Waals surface area contributed by atoms with Crippen LogP contribution in [0.2, 0.25) is 0 Å². The monoisotopic (exact) mass is 266 g/mol. The highest BCUT2D eigenvalue weighted by molar-refractivity contribution is 5.72. The van der Waals surface area contributed by atoms with Gasteiger partial charge in [-0.3, -0.25) is 0 Å². The van der Waals surface area contributed by atoms with Gasteiger partial charge in [-0.15, -0.1) is 0 Å². The van der Waals surface area contributed by atoms with Gasteiger partial charge in [0.15, 0.2) is 11.5 Å². The maximum atomic E-state index is 8.69. The van der Waals surface area contributed by atoms with Crippen LogP contribution in [0.1, 0.15) is 25.7 Å². The smallest absolute Gasteiger partial charge is 0.163 e. The molecule has 1 aliphatic heterocycles. The summed E-state index contributed by atoms with van der Waals surface area (Å²) in [6.45, 7) is 2.30. The fraction of sp³-hybridized carbons (Fsp3) is 0.571. The summed E-state index contributed by atoms with van der Waals surface area (Å²) in [6.07, 6.45) is 4.12. The molecule has 0 unspecified atom stereocenters. The summed E-state index contributed by atoms with van der Waals surface area (Å²) in [6, 6.07) is 3.71. The summed E-state index contributed by atoms with van der Waals surface area (Å²) in [5.74, 6) is 1.47. The number of anilines is 2. The Morgan fingerprint density at radius 1 is 1.05 bits per heavy atom. The molecular formula is C14H22N2O3. The molecule has 0 saturated carbocycles. The number of hydrogen-bond donors (Lipinski definition) is 3. The maximum absolute atomic E-state index is 8.69. The molecule has 106 valence electrons. The predicted molar refractivity (Wildman–Crippen MR) is 75.9 cm³/mol. The second kappa shape index (κ2) is 7.09. The topological polar surface area (TPSA) is 76.7 Å². The van der Waals surface area contributed by atoms with Crippen LogP contribution in [-0.2, 0) is 0 Å². The highest BCUT2D eigenvalue weighted by Gasteiger charge is 2.14. The SMILES string of the molecule is Nc1cc2c(cc1NCCCCCCO)OCCO2. The van der Waals surface area contributed by atoms with Gasteiger partial charge in [0.25, 0.3) is 0 Å². The lowest BCUT2D eigenvalue weighted by Crippen LogP contribution is -2.16. The second-order valence-corrected chi connectivity index (χ2v) is 4.65. The van der Waals surface area contributed by atoms with Gasteiger partial charge in [-0.1, -0.05) is 12.8 Å². The van der Waals surface area contributed by atoms with Gasteiger partial charge in [0.05, 0.1) is 11.4 Å². The van der Waals surface area contributed by atoms with E-state index in [4.69, 9.17) is 20.3 Å². The Hall–Kier alpha value is -1.62. The van der Waals surface area contributed by atoms with Crippen LogP contribution in [0.3, 0.4) is 0 Å². The Labute approximate surface area is 113 Å². The Kier molecular flexibility index (Phi) is 5.15. The fourth-order valence-electron chi connectivity index (χ4n) is 2.07. The van der Waals surface area contributed by atoms with Crippen molar-refractivity contribution in [3.05, 3.63) is 12.1 Å². The number of nitrogen functional groups attached to an aromatic ring is 1. The van der Waals surface area contributed by atoms with E-state index in [1.807, 2.05) is 12.1 Å². The zero-order valence-corrected chi connectivity index (χ0v) is 11.2. The van der Waals surface area contributed by atoms with Crippen molar-refractivity contribution in [2.45, 2.75) is 25.7 Å². The van der Waals surface area contributed by atoms with Gasteiger partial charge in [0, 0.05) is 25.3 Å². The van der Waals surface area contributed by atoms with E-state index >= 15 is 0 Å². The molecule has 0 fully saturated rings. The average Bonchev–Trinajstić information content (AvgIpc) is 2.43. The molecule has 2 rings (SSSR count). The number of nitrogens with one attached hydrogen (secondary N) is 1. The van der Waals surface area contributed by atoms with Gasteiger partial charge >= 0.3 is 0 Å². The van der Waals surface area contributed by atoms with E-state index in [2.05, 4.69) is 5.32 Å². The lowest BCUT2D eigenvalue weighted by Gasteiger charge is -2.20. The third-order valence-electron chi connectivity index (χ3n) is 3.11. The Bertz CT molecular complexity index is 410. The van der Waals surface area contributed by atoms with Crippen molar-refractivity contribution in [1.82, 2.24) is 0 Å². The van der Waals surface area contributed by atoms with Gasteiger partial charge in [0.1, 0.15) is 13.2 Å². The van der Waals surface area contributed by atoms with Gasteiger partial charge in [-0.25, -0.2) is 0 Å².